The summed E-state index contributed by atoms with van der Waals surface area (Å²) >= 11 is 17.0. The van der Waals surface area contributed by atoms with Crippen molar-refractivity contribution >= 4 is 125 Å². The van der Waals surface area contributed by atoms with Crippen LogP contribution in [-0.2, 0) is 91.8 Å². The van der Waals surface area contributed by atoms with Gasteiger partial charge in [-0.3, -0.25) is 28.1 Å². The summed E-state index contributed by atoms with van der Waals surface area (Å²) in [5, 5.41) is 41.2. The van der Waals surface area contributed by atoms with E-state index in [0.717, 1.165) is 0 Å². The van der Waals surface area contributed by atoms with Gasteiger partial charge in [-0.2, -0.15) is 15.0 Å². The van der Waals surface area contributed by atoms with Gasteiger partial charge in [0.25, 0.3) is 0 Å². The molecule has 618 valence electrons. The van der Waals surface area contributed by atoms with Crippen molar-refractivity contribution in [3.63, 3.8) is 0 Å². The van der Waals surface area contributed by atoms with Crippen LogP contribution in [0.15, 0.2) is 129 Å². The number of rotatable bonds is 30. The number of aliphatic hydroxyl groups is 3. The molecule has 3 saturated heterocycles. The number of fused-ring (bicyclic) bond motifs is 3. The van der Waals surface area contributed by atoms with E-state index in [0.29, 0.717) is 33.8 Å². The van der Waals surface area contributed by atoms with Crippen molar-refractivity contribution in [3.05, 3.63) is 129 Å². The number of carbonyl (C=O) groups is 3. The molecule has 36 nitrogen and oxygen atoms in total. The van der Waals surface area contributed by atoms with Gasteiger partial charge in [0.1, 0.15) is 88.5 Å². The maximum absolute atomic E-state index is 15.8. The average Bonchev–Trinajstić information content (AvgIpc) is 1.61. The van der Waals surface area contributed by atoms with Crippen molar-refractivity contribution < 1.29 is 98.4 Å². The molecule has 3 aromatic carbocycles. The van der Waals surface area contributed by atoms with Crippen LogP contribution in [0.25, 0.3) is 33.5 Å². The third-order valence-electron chi connectivity index (χ3n) is 17.2. The Kier molecular flexibility index (Phi) is 28.6. The molecule has 0 spiro atoms. The number of aromatic nitrogens is 12. The second kappa shape index (κ2) is 36.9. The quantitative estimate of drug-likeness (QED) is 0.0117. The van der Waals surface area contributed by atoms with E-state index < -0.39 is 128 Å². The van der Waals surface area contributed by atoms with Gasteiger partial charge in [0.05, 0.1) is 75.7 Å². The number of halogens is 3. The molecule has 12 rings (SSSR count). The van der Waals surface area contributed by atoms with Gasteiger partial charge in [0.15, 0.2) is 52.6 Å². The Labute approximate surface area is 668 Å². The molecule has 12 N–H and O–H groups in total. The summed E-state index contributed by atoms with van der Waals surface area (Å²) in [4.78, 5) is 73.7. The highest BCUT2D eigenvalue weighted by molar-refractivity contribution is 8.09. The minimum atomic E-state index is -3.43. The number of ether oxygens (including phenoxy) is 6. The van der Waals surface area contributed by atoms with Gasteiger partial charge >= 0.3 is 37.8 Å². The summed E-state index contributed by atoms with van der Waals surface area (Å²) in [6, 6.07) is 23.4. The molecule has 9 aromatic rings. The molecule has 6 aromatic heterocycles. The zero-order valence-corrected chi connectivity index (χ0v) is 68.8. The summed E-state index contributed by atoms with van der Waals surface area (Å²) in [7, 11) is 0. The van der Waals surface area contributed by atoms with Crippen LogP contribution in [0.5, 0.6) is 17.2 Å². The first kappa shape index (κ1) is 88.2. The average molecular weight is 1710 g/mol. The lowest BCUT2D eigenvalue weighted by Gasteiger charge is -2.28. The third-order valence-corrected chi connectivity index (χ3v) is 24.7. The zero-order valence-electron chi connectivity index (χ0n) is 63.7. The fourth-order valence-corrected chi connectivity index (χ4v) is 18.9. The molecule has 0 radical (unpaired) electrons. The van der Waals surface area contributed by atoms with Crippen LogP contribution in [0.4, 0.5) is 31.0 Å². The van der Waals surface area contributed by atoms with E-state index in [1.807, 2.05) is 0 Å². The minimum absolute atomic E-state index is 0.0202. The fourth-order valence-electron chi connectivity index (χ4n) is 11.6. The van der Waals surface area contributed by atoms with Crippen LogP contribution < -0.4 is 46.0 Å². The maximum atomic E-state index is 15.8. The molecule has 0 bridgehead atoms. The van der Waals surface area contributed by atoms with Crippen molar-refractivity contribution in [3.8, 4) is 17.2 Å². The standard InChI is InChI=1S/3C23H30FN6O6PS/c3*1-13(2)34-20(32)14(3)29-37(38,36-15-8-6-5-7-9-15)33-11-17-18(31)23(4,24)21(35-17)30-12-27-16-10-26-22(25)28-19(16)30/h3*5-10,12-14,17-18,21,31H,11H2,1-4H3,(H,29,38)(H2,25,26,28)/t14-,17-,18-,21-,23-,37?;14-,17-,18-,21-,23-,37+;14-,17-,18-,21-,23-,37-/m111/s1. The van der Waals surface area contributed by atoms with Crippen LogP contribution in [-0.4, -0.2) is 202 Å². The Morgan fingerprint density at radius 3 is 0.912 bits per heavy atom. The smallest absolute Gasteiger partial charge is 0.323 e. The number of esters is 3. The fraction of sp³-hybridized carbons (Fsp3) is 0.478. The molecule has 0 aliphatic carbocycles. The predicted molar refractivity (Wildman–Crippen MR) is 421 cm³/mol. The molecule has 1 unspecified atom stereocenters. The second-order valence-electron chi connectivity index (χ2n) is 27.7. The number of carbonyl (C=O) groups excluding carboxylic acids is 3. The molecular weight excluding hydrogens is 1610 g/mol. The van der Waals surface area contributed by atoms with Crippen molar-refractivity contribution in [2.45, 2.75) is 192 Å². The number of imidazole rings is 3. The van der Waals surface area contributed by atoms with Crippen LogP contribution in [0, 0.1) is 0 Å². The molecule has 0 amide bonds. The summed E-state index contributed by atoms with van der Waals surface area (Å²) in [5.74, 6) is -0.499. The van der Waals surface area contributed by atoms with Crippen LogP contribution in [0.1, 0.15) is 102 Å². The van der Waals surface area contributed by atoms with Gasteiger partial charge in [0.2, 0.25) is 17.8 Å². The van der Waals surface area contributed by atoms with Crippen molar-refractivity contribution in [2.75, 3.05) is 37.0 Å². The number of alkyl halides is 3. The number of benzene rings is 3. The van der Waals surface area contributed by atoms with Crippen molar-refractivity contribution in [1.29, 1.82) is 0 Å². The molecule has 45 heteroatoms. The van der Waals surface area contributed by atoms with Crippen LogP contribution in [0.3, 0.4) is 0 Å². The summed E-state index contributed by atoms with van der Waals surface area (Å²) in [6.07, 6.45) is -4.91. The molecule has 3 aliphatic heterocycles. The highest BCUT2D eigenvalue weighted by Gasteiger charge is 2.59. The first-order valence-electron chi connectivity index (χ1n) is 35.5. The Balaban J connectivity index is 0.000000181. The summed E-state index contributed by atoms with van der Waals surface area (Å²) in [6.45, 7) is 7.36. The molecule has 3 fully saturated rings. The van der Waals surface area contributed by atoms with Gasteiger partial charge in [-0.05, 0) is 155 Å². The van der Waals surface area contributed by atoms with Crippen molar-refractivity contribution in [2.24, 2.45) is 0 Å². The Bertz CT molecular complexity index is 4460. The van der Waals surface area contributed by atoms with Gasteiger partial charge in [-0.1, -0.05) is 54.6 Å². The number of nitrogen functional groups attached to an aromatic ring is 3. The number of nitrogens with two attached hydrogens (primary N) is 3. The van der Waals surface area contributed by atoms with E-state index in [2.05, 4.69) is 60.1 Å². The van der Waals surface area contributed by atoms with E-state index in [9.17, 15) is 29.7 Å². The minimum Gasteiger partial charge on any atom is -0.462 e. The summed E-state index contributed by atoms with van der Waals surface area (Å²) in [5.41, 5.74) is 12.2. The normalized spacial score (nSPS) is 25.8. The largest absolute Gasteiger partial charge is 0.462 e. The van der Waals surface area contributed by atoms with Crippen LogP contribution in [0.2, 0.25) is 0 Å². The third kappa shape index (κ3) is 21.5. The highest BCUT2D eigenvalue weighted by Crippen LogP contribution is 2.52. The van der Waals surface area contributed by atoms with Crippen LogP contribution >= 0.6 is 19.9 Å². The lowest BCUT2D eigenvalue weighted by atomic mass is 9.98. The number of hydrogen-bond donors (Lipinski definition) is 9. The van der Waals surface area contributed by atoms with Crippen molar-refractivity contribution in [1.82, 2.24) is 73.8 Å². The number of para-hydroxylation sites is 3. The monoisotopic (exact) mass is 1700 g/mol. The van der Waals surface area contributed by atoms with E-state index >= 15 is 13.2 Å². The number of nitrogens with zero attached hydrogens (tertiary/aromatic N) is 12. The van der Waals surface area contributed by atoms with Gasteiger partial charge in [-0.25, -0.2) is 58.3 Å². The van der Waals surface area contributed by atoms with Gasteiger partial charge in [-0.15, -0.1) is 0 Å². The second-order valence-corrected chi connectivity index (χ2v) is 37.1. The molecule has 18 atom stereocenters. The van der Waals surface area contributed by atoms with Gasteiger partial charge in [0, 0.05) is 0 Å². The number of aliphatic hydroxyl groups excluding tert-OH is 3. The van der Waals surface area contributed by atoms with E-state index in [-0.39, 0.29) is 72.9 Å². The molecule has 3 aliphatic rings. The Hall–Kier alpha value is -8.22. The molecule has 9 heterocycles. The maximum Gasteiger partial charge on any atom is 0.323 e. The Morgan fingerprint density at radius 2 is 0.684 bits per heavy atom. The summed E-state index contributed by atoms with van der Waals surface area (Å²) < 4.78 is 121. The van der Waals surface area contributed by atoms with E-state index in [4.69, 9.17) is 108 Å². The topological polar surface area (TPSA) is 468 Å². The van der Waals surface area contributed by atoms with E-state index in [1.54, 1.807) is 153 Å². The number of anilines is 3. The number of hydrogen-bond acceptors (Lipinski definition) is 33. The molecular formula is C69H90F3N18O18P3S3. The molecule has 0 saturated carbocycles. The lowest BCUT2D eigenvalue weighted by Crippen LogP contribution is -2.41. The number of nitrogens with one attached hydrogen (secondary N) is 3. The Morgan fingerprint density at radius 1 is 0.447 bits per heavy atom. The first-order chi connectivity index (χ1) is 53.7. The van der Waals surface area contributed by atoms with Gasteiger partial charge < -0.3 is 88.1 Å². The lowest BCUT2D eigenvalue weighted by molar-refractivity contribution is -0.149. The molecule has 114 heavy (non-hydrogen) atoms. The zero-order chi connectivity index (χ0) is 83.0. The highest BCUT2D eigenvalue weighted by atomic mass is 32.5. The predicted octanol–water partition coefficient (Wildman–Crippen LogP) is 7.93. The van der Waals surface area contributed by atoms with E-state index in [1.165, 1.54) is 72.0 Å². The first-order valence-corrected chi connectivity index (χ1v) is 43.4. The SMILES string of the molecule is CC(C)OC(=O)[C@@H](C)NP(=S)(OC[C@H]1O[C@@H](n2cnc3cnc(N)nc32)[C@](C)(F)[C@@H]1O)Oc1ccccc1.CC(C)OC(=O)[C@@H](C)N[P@@](=S)(OC[C@H]1O[C@@H](n2cnc3cnc(N)nc32)[C@](C)(F)[C@@H]1O)Oc1ccccc1.CC(C)OC(=O)[C@@H](C)N[P@](=S)(OC[C@H]1O[C@@H](n2cnc3cnc(N)nc32)[C@](C)(F)[C@@H]1O)Oc1ccccc1.